The minimum atomic E-state index is 0.0909. The molecule has 7 nitrogen and oxygen atoms in total. The average Bonchev–Trinajstić information content (AvgIpc) is 3.14. The number of carbonyl (C=O) groups is 1. The van der Waals surface area contributed by atoms with E-state index in [0.717, 1.165) is 66.3 Å². The van der Waals surface area contributed by atoms with E-state index in [2.05, 4.69) is 26.2 Å². The number of hydrogen-bond acceptors (Lipinski definition) is 5. The number of carbonyl (C=O) groups excluding carboxylic acids is 1. The van der Waals surface area contributed by atoms with Gasteiger partial charge in [0, 0.05) is 74.0 Å². The molecule has 8 heteroatoms. The molecule has 29 heavy (non-hydrogen) atoms. The summed E-state index contributed by atoms with van der Waals surface area (Å²) in [7, 11) is 1.71. The highest BCUT2D eigenvalue weighted by molar-refractivity contribution is 6.34. The maximum atomic E-state index is 11.9. The highest BCUT2D eigenvalue weighted by atomic mass is 35.5. The lowest BCUT2D eigenvalue weighted by atomic mass is 9.96. The summed E-state index contributed by atoms with van der Waals surface area (Å²) in [6, 6.07) is 4.09. The summed E-state index contributed by atoms with van der Waals surface area (Å²) < 4.78 is 0. The second-order valence-corrected chi connectivity index (χ2v) is 7.83. The van der Waals surface area contributed by atoms with Crippen molar-refractivity contribution in [3.8, 4) is 0 Å². The number of nitrogens with one attached hydrogen (secondary N) is 1. The van der Waals surface area contributed by atoms with Gasteiger partial charge in [-0.3, -0.25) is 14.9 Å². The molecule has 3 heterocycles. The van der Waals surface area contributed by atoms with E-state index in [4.69, 9.17) is 17.3 Å². The van der Waals surface area contributed by atoms with Gasteiger partial charge < -0.3 is 15.5 Å². The second kappa shape index (κ2) is 7.91. The standard InChI is InChI=1S/C21H25ClN6O/c1-13(29)27-7-5-19-17(12-27)21(26-25-19)28-6-3-4-14-8-16(15(10-23)11-24-2)18(22)9-20(14)28/h8-11H,3-7,12,23H2,1-2H3,(H,25,26). The molecule has 2 aliphatic heterocycles. The Morgan fingerprint density at radius 3 is 2.90 bits per heavy atom. The third-order valence-corrected chi connectivity index (χ3v) is 5.97. The fourth-order valence-electron chi connectivity index (χ4n) is 4.16. The smallest absolute Gasteiger partial charge is 0.219 e. The Morgan fingerprint density at radius 1 is 1.34 bits per heavy atom. The number of nitrogens with zero attached hydrogens (tertiary/aromatic N) is 4. The minimum absolute atomic E-state index is 0.0909. The molecule has 1 aromatic heterocycles. The predicted octanol–water partition coefficient (Wildman–Crippen LogP) is 3.05. The summed E-state index contributed by atoms with van der Waals surface area (Å²) in [5.74, 6) is 0.980. The molecule has 0 saturated carbocycles. The quantitative estimate of drug-likeness (QED) is 0.758. The number of halogens is 1. The zero-order valence-corrected chi connectivity index (χ0v) is 17.5. The fourth-order valence-corrected chi connectivity index (χ4v) is 4.43. The summed E-state index contributed by atoms with van der Waals surface area (Å²) >= 11 is 6.64. The van der Waals surface area contributed by atoms with Crippen molar-refractivity contribution in [1.82, 2.24) is 15.1 Å². The number of hydrogen-bond donors (Lipinski definition) is 2. The first-order valence-corrected chi connectivity index (χ1v) is 10.2. The van der Waals surface area contributed by atoms with Crippen LogP contribution in [0.4, 0.5) is 11.5 Å². The number of allylic oxidation sites excluding steroid dienone is 1. The Bertz CT molecular complexity index is 1010. The number of nitrogens with two attached hydrogens (primary N) is 1. The number of anilines is 2. The van der Waals surface area contributed by atoms with E-state index in [1.54, 1.807) is 20.2 Å². The molecule has 0 unspecified atom stereocenters. The van der Waals surface area contributed by atoms with Crippen LogP contribution in [0.25, 0.3) is 5.57 Å². The van der Waals surface area contributed by atoms with Gasteiger partial charge in [-0.1, -0.05) is 11.6 Å². The molecule has 0 spiro atoms. The van der Waals surface area contributed by atoms with Gasteiger partial charge in [0.1, 0.15) is 0 Å². The summed E-state index contributed by atoms with van der Waals surface area (Å²) in [5.41, 5.74) is 11.9. The molecule has 1 amide bonds. The second-order valence-electron chi connectivity index (χ2n) is 7.42. The zero-order valence-electron chi connectivity index (χ0n) is 16.7. The number of aryl methyl sites for hydroxylation is 1. The average molecular weight is 413 g/mol. The van der Waals surface area contributed by atoms with Gasteiger partial charge in [-0.05, 0) is 30.5 Å². The van der Waals surface area contributed by atoms with Crippen molar-refractivity contribution in [1.29, 1.82) is 0 Å². The van der Waals surface area contributed by atoms with Gasteiger partial charge in [-0.25, -0.2) is 0 Å². The number of aromatic amines is 1. The Morgan fingerprint density at radius 2 is 2.17 bits per heavy atom. The Hall–Kier alpha value is -2.80. The van der Waals surface area contributed by atoms with Crippen LogP contribution in [0, 0.1) is 0 Å². The lowest BCUT2D eigenvalue weighted by molar-refractivity contribution is -0.129. The van der Waals surface area contributed by atoms with Gasteiger partial charge >= 0.3 is 0 Å². The predicted molar refractivity (Wildman–Crippen MR) is 117 cm³/mol. The van der Waals surface area contributed by atoms with Crippen LogP contribution in [-0.4, -0.2) is 47.4 Å². The van der Waals surface area contributed by atoms with Crippen LogP contribution < -0.4 is 10.6 Å². The van der Waals surface area contributed by atoms with Gasteiger partial charge in [0.05, 0.1) is 11.6 Å². The van der Waals surface area contributed by atoms with E-state index in [-0.39, 0.29) is 5.91 Å². The van der Waals surface area contributed by atoms with Gasteiger partial charge in [-0.2, -0.15) is 5.10 Å². The summed E-state index contributed by atoms with van der Waals surface area (Å²) in [6.45, 7) is 3.78. The molecule has 3 N–H and O–H groups in total. The molecular formula is C21H25ClN6O. The summed E-state index contributed by atoms with van der Waals surface area (Å²) in [4.78, 5) is 20.0. The zero-order chi connectivity index (χ0) is 20.5. The molecule has 0 saturated heterocycles. The number of fused-ring (bicyclic) bond motifs is 2. The lowest BCUT2D eigenvalue weighted by Crippen LogP contribution is -2.35. The lowest BCUT2D eigenvalue weighted by Gasteiger charge is -2.33. The van der Waals surface area contributed by atoms with E-state index in [1.807, 2.05) is 11.0 Å². The van der Waals surface area contributed by atoms with Gasteiger partial charge in [0.15, 0.2) is 5.82 Å². The topological polar surface area (TPSA) is 90.6 Å². The number of benzene rings is 1. The van der Waals surface area contributed by atoms with E-state index in [9.17, 15) is 4.79 Å². The third-order valence-electron chi connectivity index (χ3n) is 5.66. The Balaban J connectivity index is 1.75. The molecule has 1 aromatic carbocycles. The van der Waals surface area contributed by atoms with E-state index in [0.29, 0.717) is 11.6 Å². The summed E-state index contributed by atoms with van der Waals surface area (Å²) in [5, 5.41) is 8.42. The van der Waals surface area contributed by atoms with Crippen molar-refractivity contribution in [2.45, 2.75) is 32.7 Å². The molecule has 2 aliphatic rings. The number of amides is 1. The van der Waals surface area contributed by atoms with E-state index in [1.165, 1.54) is 11.8 Å². The van der Waals surface area contributed by atoms with Crippen molar-refractivity contribution >= 4 is 40.8 Å². The highest BCUT2D eigenvalue weighted by Crippen LogP contribution is 2.40. The van der Waals surface area contributed by atoms with Gasteiger partial charge in [-0.15, -0.1) is 0 Å². The summed E-state index contributed by atoms with van der Waals surface area (Å²) in [6.07, 6.45) is 6.01. The van der Waals surface area contributed by atoms with Crippen LogP contribution >= 0.6 is 11.6 Å². The molecule has 0 fully saturated rings. The molecule has 0 radical (unpaired) electrons. The first-order valence-electron chi connectivity index (χ1n) is 9.79. The van der Waals surface area contributed by atoms with Crippen LogP contribution in [-0.2, 0) is 24.2 Å². The molecule has 0 bridgehead atoms. The van der Waals surface area contributed by atoms with Crippen molar-refractivity contribution in [3.63, 3.8) is 0 Å². The minimum Gasteiger partial charge on any atom is -0.404 e. The molecular weight excluding hydrogens is 388 g/mol. The van der Waals surface area contributed by atoms with Crippen LogP contribution in [0.1, 0.15) is 35.7 Å². The SMILES string of the molecule is CN=CC(=CN)c1cc2c(cc1Cl)N(c1n[nH]c3c1CN(C(C)=O)CC3)CCC2. The van der Waals surface area contributed by atoms with Crippen LogP contribution in [0.5, 0.6) is 0 Å². The number of rotatable bonds is 3. The van der Waals surface area contributed by atoms with Crippen molar-refractivity contribution in [2.24, 2.45) is 10.7 Å². The van der Waals surface area contributed by atoms with E-state index < -0.39 is 0 Å². The van der Waals surface area contributed by atoms with Crippen molar-refractivity contribution < 1.29 is 4.79 Å². The maximum Gasteiger partial charge on any atom is 0.219 e. The molecule has 2 aromatic rings. The highest BCUT2D eigenvalue weighted by Gasteiger charge is 2.29. The van der Waals surface area contributed by atoms with Crippen molar-refractivity contribution in [3.05, 3.63) is 45.7 Å². The monoisotopic (exact) mass is 412 g/mol. The Kier molecular flexibility index (Phi) is 5.32. The molecule has 0 aliphatic carbocycles. The largest absolute Gasteiger partial charge is 0.404 e. The Labute approximate surface area is 175 Å². The molecule has 152 valence electrons. The van der Waals surface area contributed by atoms with Gasteiger partial charge in [0.2, 0.25) is 5.91 Å². The fraction of sp³-hybridized carbons (Fsp3) is 0.381. The third kappa shape index (κ3) is 3.51. The van der Waals surface area contributed by atoms with Crippen LogP contribution in [0.2, 0.25) is 5.02 Å². The van der Waals surface area contributed by atoms with E-state index >= 15 is 0 Å². The van der Waals surface area contributed by atoms with Crippen molar-refractivity contribution in [2.75, 3.05) is 25.0 Å². The molecule has 0 atom stereocenters. The number of aliphatic imine (C=N–C) groups is 1. The first-order chi connectivity index (χ1) is 14.0. The van der Waals surface area contributed by atoms with Crippen LogP contribution in [0.15, 0.2) is 23.3 Å². The first kappa shape index (κ1) is 19.5. The van der Waals surface area contributed by atoms with Crippen LogP contribution in [0.3, 0.4) is 0 Å². The number of aromatic nitrogens is 2. The normalized spacial score (nSPS) is 16.9. The number of H-pyrrole nitrogens is 1. The maximum absolute atomic E-state index is 11.9. The van der Waals surface area contributed by atoms with Gasteiger partial charge in [0.25, 0.3) is 0 Å². The molecule has 4 rings (SSSR count).